The standard InChI is InChI=1S/C13H13ClN4O2S/c1-7-3-4-8(14)5-10(7)16-13(21)17-11-9(6-15-18-11)12(19)20-2/h3-6H,1-2H3,(H3,15,16,17,18,21). The molecular weight excluding hydrogens is 312 g/mol. The highest BCUT2D eigenvalue weighted by atomic mass is 35.5. The van der Waals surface area contributed by atoms with Crippen molar-refractivity contribution in [1.82, 2.24) is 10.2 Å². The topological polar surface area (TPSA) is 79.0 Å². The summed E-state index contributed by atoms with van der Waals surface area (Å²) in [5.74, 6) is -0.146. The zero-order chi connectivity index (χ0) is 15.4. The average molecular weight is 325 g/mol. The zero-order valence-electron chi connectivity index (χ0n) is 11.4. The van der Waals surface area contributed by atoms with E-state index in [0.29, 0.717) is 16.0 Å². The van der Waals surface area contributed by atoms with Gasteiger partial charge in [0.25, 0.3) is 0 Å². The van der Waals surface area contributed by atoms with Crippen molar-refractivity contribution in [3.8, 4) is 0 Å². The smallest absolute Gasteiger partial charge is 0.343 e. The second-order valence-electron chi connectivity index (χ2n) is 4.19. The molecule has 0 aliphatic heterocycles. The molecule has 2 rings (SSSR count). The molecule has 8 heteroatoms. The van der Waals surface area contributed by atoms with Crippen LogP contribution in [0.5, 0.6) is 0 Å². The van der Waals surface area contributed by atoms with Gasteiger partial charge in [0, 0.05) is 10.7 Å². The zero-order valence-corrected chi connectivity index (χ0v) is 12.9. The molecule has 0 aliphatic carbocycles. The molecule has 0 amide bonds. The number of H-pyrrole nitrogens is 1. The third kappa shape index (κ3) is 3.71. The number of nitrogens with zero attached hydrogens (tertiary/aromatic N) is 1. The fraction of sp³-hybridized carbons (Fsp3) is 0.154. The van der Waals surface area contributed by atoms with Crippen LogP contribution >= 0.6 is 23.8 Å². The van der Waals surface area contributed by atoms with E-state index in [1.165, 1.54) is 13.3 Å². The van der Waals surface area contributed by atoms with Crippen LogP contribution in [0.3, 0.4) is 0 Å². The SMILES string of the molecule is COC(=O)c1cn[nH]c1NC(=S)Nc1cc(Cl)ccc1C. The number of thiocarbonyl (C=S) groups is 1. The predicted octanol–water partition coefficient (Wildman–Crippen LogP) is 2.97. The number of esters is 1. The summed E-state index contributed by atoms with van der Waals surface area (Å²) in [5.41, 5.74) is 2.03. The minimum absolute atomic E-state index is 0.268. The van der Waals surface area contributed by atoms with Gasteiger partial charge in [-0.15, -0.1) is 0 Å². The Labute approximate surface area is 131 Å². The molecule has 0 saturated heterocycles. The van der Waals surface area contributed by atoms with E-state index in [2.05, 4.69) is 25.6 Å². The van der Waals surface area contributed by atoms with Crippen molar-refractivity contribution < 1.29 is 9.53 Å². The summed E-state index contributed by atoms with van der Waals surface area (Å²) in [4.78, 5) is 11.5. The molecule has 0 unspecified atom stereocenters. The van der Waals surface area contributed by atoms with E-state index in [9.17, 15) is 4.79 Å². The Morgan fingerprint density at radius 1 is 1.43 bits per heavy atom. The van der Waals surface area contributed by atoms with Gasteiger partial charge in [-0.1, -0.05) is 17.7 Å². The van der Waals surface area contributed by atoms with Crippen LogP contribution in [-0.2, 0) is 4.74 Å². The van der Waals surface area contributed by atoms with Crippen molar-refractivity contribution in [2.75, 3.05) is 17.7 Å². The van der Waals surface area contributed by atoms with E-state index in [-0.39, 0.29) is 5.56 Å². The first kappa shape index (κ1) is 15.3. The summed E-state index contributed by atoms with van der Waals surface area (Å²) in [6.07, 6.45) is 1.36. The van der Waals surface area contributed by atoms with Crippen molar-refractivity contribution in [3.05, 3.63) is 40.5 Å². The van der Waals surface area contributed by atoms with Crippen LogP contribution in [0.4, 0.5) is 11.5 Å². The normalized spacial score (nSPS) is 10.0. The summed E-state index contributed by atoms with van der Waals surface area (Å²) in [6, 6.07) is 5.44. The van der Waals surface area contributed by atoms with Gasteiger partial charge in [0.2, 0.25) is 0 Å². The highest BCUT2D eigenvalue weighted by Gasteiger charge is 2.15. The van der Waals surface area contributed by atoms with Gasteiger partial charge in [-0.05, 0) is 36.8 Å². The van der Waals surface area contributed by atoms with Gasteiger partial charge in [-0.25, -0.2) is 4.79 Å². The molecule has 0 bridgehead atoms. The van der Waals surface area contributed by atoms with Crippen LogP contribution in [0.15, 0.2) is 24.4 Å². The number of rotatable bonds is 3. The number of ether oxygens (including phenoxy) is 1. The Bertz CT molecular complexity index is 687. The van der Waals surface area contributed by atoms with Crippen molar-refractivity contribution in [1.29, 1.82) is 0 Å². The average Bonchev–Trinajstić information content (AvgIpc) is 2.90. The molecule has 0 fully saturated rings. The molecule has 0 radical (unpaired) electrons. The van der Waals surface area contributed by atoms with E-state index in [1.54, 1.807) is 12.1 Å². The number of hydrogen-bond donors (Lipinski definition) is 3. The fourth-order valence-electron chi connectivity index (χ4n) is 1.64. The lowest BCUT2D eigenvalue weighted by Gasteiger charge is -2.12. The molecule has 1 aromatic carbocycles. The van der Waals surface area contributed by atoms with Gasteiger partial charge in [0.05, 0.1) is 13.3 Å². The largest absolute Gasteiger partial charge is 0.465 e. The first-order valence-corrected chi connectivity index (χ1v) is 6.75. The van der Waals surface area contributed by atoms with Crippen molar-refractivity contribution in [2.24, 2.45) is 0 Å². The minimum atomic E-state index is -0.506. The number of hydrogen-bond acceptors (Lipinski definition) is 4. The lowest BCUT2D eigenvalue weighted by molar-refractivity contribution is 0.0602. The third-order valence-electron chi connectivity index (χ3n) is 2.73. The number of methoxy groups -OCH3 is 1. The molecule has 1 aromatic heterocycles. The maximum Gasteiger partial charge on any atom is 0.343 e. The lowest BCUT2D eigenvalue weighted by atomic mass is 10.2. The summed E-state index contributed by atoms with van der Waals surface area (Å²) < 4.78 is 4.65. The molecule has 3 N–H and O–H groups in total. The second kappa shape index (κ2) is 6.55. The van der Waals surface area contributed by atoms with Gasteiger partial charge in [0.15, 0.2) is 5.11 Å². The molecule has 21 heavy (non-hydrogen) atoms. The molecule has 0 atom stereocenters. The van der Waals surface area contributed by atoms with Gasteiger partial charge < -0.3 is 15.4 Å². The van der Waals surface area contributed by atoms with Crippen LogP contribution in [-0.4, -0.2) is 28.4 Å². The number of carbonyl (C=O) groups excluding carboxylic acids is 1. The predicted molar refractivity (Wildman–Crippen MR) is 86.0 cm³/mol. The summed E-state index contributed by atoms with van der Waals surface area (Å²) in [5, 5.41) is 13.2. The molecular formula is C13H13ClN4O2S. The van der Waals surface area contributed by atoms with E-state index in [0.717, 1.165) is 11.3 Å². The van der Waals surface area contributed by atoms with Crippen LogP contribution in [0, 0.1) is 6.92 Å². The number of benzene rings is 1. The van der Waals surface area contributed by atoms with E-state index in [4.69, 9.17) is 23.8 Å². The quantitative estimate of drug-likeness (QED) is 0.595. The van der Waals surface area contributed by atoms with E-state index < -0.39 is 5.97 Å². The Morgan fingerprint density at radius 3 is 2.90 bits per heavy atom. The number of aromatic nitrogens is 2. The Hall–Kier alpha value is -2.12. The lowest BCUT2D eigenvalue weighted by Crippen LogP contribution is -2.21. The number of carbonyl (C=O) groups is 1. The monoisotopic (exact) mass is 324 g/mol. The molecule has 2 aromatic rings. The minimum Gasteiger partial charge on any atom is -0.465 e. The van der Waals surface area contributed by atoms with Crippen LogP contribution in [0.25, 0.3) is 0 Å². The summed E-state index contributed by atoms with van der Waals surface area (Å²) >= 11 is 11.2. The highest BCUT2D eigenvalue weighted by Crippen LogP contribution is 2.20. The second-order valence-corrected chi connectivity index (χ2v) is 5.03. The van der Waals surface area contributed by atoms with Gasteiger partial charge in [0.1, 0.15) is 11.4 Å². The number of anilines is 2. The maximum absolute atomic E-state index is 11.5. The number of nitrogens with one attached hydrogen (secondary N) is 3. The van der Waals surface area contributed by atoms with Crippen LogP contribution in [0.2, 0.25) is 5.02 Å². The number of aryl methyl sites for hydroxylation is 1. The fourth-order valence-corrected chi connectivity index (χ4v) is 2.03. The first-order valence-electron chi connectivity index (χ1n) is 5.97. The molecule has 0 spiro atoms. The molecule has 1 heterocycles. The maximum atomic E-state index is 11.5. The first-order chi connectivity index (χ1) is 10.0. The Morgan fingerprint density at radius 2 is 2.19 bits per heavy atom. The van der Waals surface area contributed by atoms with E-state index in [1.807, 2.05) is 13.0 Å². The van der Waals surface area contributed by atoms with Crippen molar-refractivity contribution in [2.45, 2.75) is 6.92 Å². The molecule has 110 valence electrons. The van der Waals surface area contributed by atoms with Gasteiger partial charge in [-0.3, -0.25) is 5.10 Å². The van der Waals surface area contributed by atoms with Crippen LogP contribution < -0.4 is 10.6 Å². The molecule has 0 saturated carbocycles. The summed E-state index contributed by atoms with van der Waals surface area (Å²) in [6.45, 7) is 1.93. The van der Waals surface area contributed by atoms with Crippen molar-refractivity contribution in [3.63, 3.8) is 0 Å². The highest BCUT2D eigenvalue weighted by molar-refractivity contribution is 7.80. The Kier molecular flexibility index (Phi) is 4.77. The number of aromatic amines is 1. The molecule has 6 nitrogen and oxygen atoms in total. The molecule has 0 aliphatic rings. The van der Waals surface area contributed by atoms with Crippen molar-refractivity contribution >= 4 is 46.4 Å². The van der Waals surface area contributed by atoms with Crippen LogP contribution in [0.1, 0.15) is 15.9 Å². The third-order valence-corrected chi connectivity index (χ3v) is 3.17. The van der Waals surface area contributed by atoms with Gasteiger partial charge >= 0.3 is 5.97 Å². The van der Waals surface area contributed by atoms with Gasteiger partial charge in [-0.2, -0.15) is 5.10 Å². The summed E-state index contributed by atoms with van der Waals surface area (Å²) in [7, 11) is 1.30. The van der Waals surface area contributed by atoms with E-state index >= 15 is 0 Å². The number of halogens is 1. The Balaban J connectivity index is 2.10.